The van der Waals surface area contributed by atoms with Crippen molar-refractivity contribution in [2.24, 2.45) is 0 Å². The van der Waals surface area contributed by atoms with Crippen molar-refractivity contribution in [3.8, 4) is 0 Å². The van der Waals surface area contributed by atoms with Gasteiger partial charge in [-0.15, -0.1) is 0 Å². The van der Waals surface area contributed by atoms with Crippen molar-refractivity contribution < 1.29 is 8.42 Å². The van der Waals surface area contributed by atoms with Crippen molar-refractivity contribution in [1.82, 2.24) is 5.32 Å². The number of nitrogens with one attached hydrogen (secondary N) is 1. The Morgan fingerprint density at radius 3 is 2.36 bits per heavy atom. The standard InChI is InChI=1S/C7H17NO2S/c1-7(8-2)5-4-6-11(3,9)10/h7-8H,4-6H2,1-3H3. The molecule has 0 aromatic carbocycles. The monoisotopic (exact) mass is 179 g/mol. The summed E-state index contributed by atoms with van der Waals surface area (Å²) in [7, 11) is -0.876. The SMILES string of the molecule is CNC(C)CCCS(C)(=O)=O. The second kappa shape index (κ2) is 4.72. The smallest absolute Gasteiger partial charge is 0.147 e. The van der Waals surface area contributed by atoms with Crippen LogP contribution in [0.3, 0.4) is 0 Å². The van der Waals surface area contributed by atoms with Crippen molar-refractivity contribution in [1.29, 1.82) is 0 Å². The van der Waals surface area contributed by atoms with Gasteiger partial charge in [0.2, 0.25) is 0 Å². The van der Waals surface area contributed by atoms with E-state index in [2.05, 4.69) is 5.32 Å². The zero-order valence-electron chi connectivity index (χ0n) is 7.42. The van der Waals surface area contributed by atoms with Crippen molar-refractivity contribution in [2.75, 3.05) is 19.1 Å². The van der Waals surface area contributed by atoms with Crippen LogP contribution in [0.15, 0.2) is 0 Å². The molecule has 0 aliphatic heterocycles. The molecule has 0 saturated carbocycles. The predicted molar refractivity (Wildman–Crippen MR) is 47.5 cm³/mol. The van der Waals surface area contributed by atoms with Crippen LogP contribution in [0.25, 0.3) is 0 Å². The fourth-order valence-electron chi connectivity index (χ4n) is 0.796. The summed E-state index contributed by atoms with van der Waals surface area (Å²) in [5.74, 6) is 0.305. The maximum absolute atomic E-state index is 10.7. The molecule has 0 fully saturated rings. The third-order valence-electron chi connectivity index (χ3n) is 1.65. The van der Waals surface area contributed by atoms with Gasteiger partial charge in [0.1, 0.15) is 9.84 Å². The normalized spacial score (nSPS) is 14.8. The highest BCUT2D eigenvalue weighted by molar-refractivity contribution is 7.90. The fraction of sp³-hybridized carbons (Fsp3) is 1.00. The molecule has 4 heteroatoms. The Balaban J connectivity index is 3.43. The minimum atomic E-state index is -2.76. The Morgan fingerprint density at radius 2 is 2.00 bits per heavy atom. The molecule has 0 spiro atoms. The van der Waals surface area contributed by atoms with Gasteiger partial charge in [-0.05, 0) is 26.8 Å². The number of sulfone groups is 1. The average molecular weight is 179 g/mol. The fourth-order valence-corrected chi connectivity index (χ4v) is 1.49. The largest absolute Gasteiger partial charge is 0.317 e. The molecule has 0 aliphatic carbocycles. The number of rotatable bonds is 5. The summed E-state index contributed by atoms with van der Waals surface area (Å²) in [6.07, 6.45) is 2.95. The summed E-state index contributed by atoms with van der Waals surface area (Å²) in [5, 5.41) is 3.06. The van der Waals surface area contributed by atoms with Gasteiger partial charge in [0.25, 0.3) is 0 Å². The molecule has 0 aliphatic rings. The zero-order chi connectivity index (χ0) is 8.91. The molecule has 0 radical (unpaired) electrons. The highest BCUT2D eigenvalue weighted by atomic mass is 32.2. The van der Waals surface area contributed by atoms with E-state index in [0.717, 1.165) is 12.8 Å². The van der Waals surface area contributed by atoms with E-state index in [1.165, 1.54) is 6.26 Å². The van der Waals surface area contributed by atoms with Crippen LogP contribution in [0.2, 0.25) is 0 Å². The Hall–Kier alpha value is -0.0900. The van der Waals surface area contributed by atoms with Gasteiger partial charge in [-0.2, -0.15) is 0 Å². The lowest BCUT2D eigenvalue weighted by Gasteiger charge is -2.07. The van der Waals surface area contributed by atoms with Crippen molar-refractivity contribution in [3.63, 3.8) is 0 Å². The maximum Gasteiger partial charge on any atom is 0.147 e. The summed E-state index contributed by atoms with van der Waals surface area (Å²) < 4.78 is 21.4. The first-order valence-electron chi connectivity index (χ1n) is 3.80. The highest BCUT2D eigenvalue weighted by Gasteiger charge is 2.03. The first-order chi connectivity index (χ1) is 4.95. The van der Waals surface area contributed by atoms with Crippen LogP contribution in [0.4, 0.5) is 0 Å². The van der Waals surface area contributed by atoms with E-state index >= 15 is 0 Å². The molecule has 0 saturated heterocycles. The second-order valence-corrected chi connectivity index (χ2v) is 5.22. The van der Waals surface area contributed by atoms with E-state index in [-0.39, 0.29) is 0 Å². The predicted octanol–water partition coefficient (Wildman–Crippen LogP) is 0.419. The van der Waals surface area contributed by atoms with E-state index in [1.54, 1.807) is 0 Å². The number of hydrogen-bond donors (Lipinski definition) is 1. The molecular weight excluding hydrogens is 162 g/mol. The lowest BCUT2D eigenvalue weighted by atomic mass is 10.2. The van der Waals surface area contributed by atoms with Crippen LogP contribution in [-0.4, -0.2) is 33.5 Å². The minimum Gasteiger partial charge on any atom is -0.317 e. The summed E-state index contributed by atoms with van der Waals surface area (Å²) in [6, 6.07) is 0.414. The first-order valence-corrected chi connectivity index (χ1v) is 5.87. The molecule has 11 heavy (non-hydrogen) atoms. The molecule has 68 valence electrons. The molecular formula is C7H17NO2S. The van der Waals surface area contributed by atoms with Crippen molar-refractivity contribution in [3.05, 3.63) is 0 Å². The topological polar surface area (TPSA) is 46.2 Å². The lowest BCUT2D eigenvalue weighted by Crippen LogP contribution is -2.21. The molecule has 0 bridgehead atoms. The van der Waals surface area contributed by atoms with Gasteiger partial charge in [-0.1, -0.05) is 0 Å². The number of hydrogen-bond acceptors (Lipinski definition) is 3. The molecule has 1 unspecified atom stereocenters. The lowest BCUT2D eigenvalue weighted by molar-refractivity contribution is 0.550. The zero-order valence-corrected chi connectivity index (χ0v) is 8.24. The van der Waals surface area contributed by atoms with Crippen LogP contribution >= 0.6 is 0 Å². The summed E-state index contributed by atoms with van der Waals surface area (Å²) in [6.45, 7) is 2.04. The molecule has 0 aromatic heterocycles. The van der Waals surface area contributed by atoms with E-state index in [4.69, 9.17) is 0 Å². The van der Waals surface area contributed by atoms with Crippen LogP contribution in [0.5, 0.6) is 0 Å². The van der Waals surface area contributed by atoms with Crippen LogP contribution in [0.1, 0.15) is 19.8 Å². The highest BCUT2D eigenvalue weighted by Crippen LogP contribution is 1.98. The van der Waals surface area contributed by atoms with Crippen LogP contribution in [0, 0.1) is 0 Å². The summed E-state index contributed by atoms with van der Waals surface area (Å²) in [4.78, 5) is 0. The third kappa shape index (κ3) is 7.81. The second-order valence-electron chi connectivity index (χ2n) is 2.96. The maximum atomic E-state index is 10.7. The molecule has 1 atom stereocenters. The average Bonchev–Trinajstić information content (AvgIpc) is 1.85. The van der Waals surface area contributed by atoms with Crippen molar-refractivity contribution in [2.45, 2.75) is 25.8 Å². The van der Waals surface area contributed by atoms with Crippen LogP contribution in [-0.2, 0) is 9.84 Å². The summed E-state index contributed by atoms with van der Waals surface area (Å²) in [5.41, 5.74) is 0. The molecule has 3 nitrogen and oxygen atoms in total. The molecule has 0 amide bonds. The molecule has 0 aromatic rings. The van der Waals surface area contributed by atoms with E-state index in [1.807, 2.05) is 14.0 Å². The molecule has 0 rings (SSSR count). The van der Waals surface area contributed by atoms with Gasteiger partial charge in [0.15, 0.2) is 0 Å². The Morgan fingerprint density at radius 1 is 1.45 bits per heavy atom. The first kappa shape index (κ1) is 10.9. The third-order valence-corrected chi connectivity index (χ3v) is 2.68. The Labute approximate surface area is 69.1 Å². The van der Waals surface area contributed by atoms with E-state index in [9.17, 15) is 8.42 Å². The van der Waals surface area contributed by atoms with Gasteiger partial charge in [-0.3, -0.25) is 0 Å². The Bertz CT molecular complexity index is 187. The van der Waals surface area contributed by atoms with Gasteiger partial charge < -0.3 is 5.32 Å². The minimum absolute atomic E-state index is 0.305. The van der Waals surface area contributed by atoms with E-state index < -0.39 is 9.84 Å². The van der Waals surface area contributed by atoms with Gasteiger partial charge in [0, 0.05) is 18.1 Å². The van der Waals surface area contributed by atoms with Gasteiger partial charge in [0.05, 0.1) is 0 Å². The molecule has 1 N–H and O–H groups in total. The summed E-state index contributed by atoms with van der Waals surface area (Å²) >= 11 is 0. The Kier molecular flexibility index (Phi) is 4.68. The van der Waals surface area contributed by atoms with Gasteiger partial charge in [-0.25, -0.2) is 8.42 Å². The van der Waals surface area contributed by atoms with Crippen molar-refractivity contribution >= 4 is 9.84 Å². The van der Waals surface area contributed by atoms with Gasteiger partial charge >= 0.3 is 0 Å². The molecule has 0 heterocycles. The van der Waals surface area contributed by atoms with E-state index in [0.29, 0.717) is 11.8 Å². The quantitative estimate of drug-likeness (QED) is 0.665. The van der Waals surface area contributed by atoms with Crippen LogP contribution < -0.4 is 5.32 Å².